The molecule has 30 heavy (non-hydrogen) atoms. The van der Waals surface area contributed by atoms with E-state index in [0.29, 0.717) is 28.7 Å². The average Bonchev–Trinajstić information content (AvgIpc) is 2.76. The third kappa shape index (κ3) is 2.99. The molecule has 0 aliphatic heterocycles. The summed E-state index contributed by atoms with van der Waals surface area (Å²) < 4.78 is 29.6. The van der Waals surface area contributed by atoms with E-state index in [4.69, 9.17) is 23.7 Å². The fraction of sp³-hybridized carbons (Fsp3) is 0.217. The third-order valence-electron chi connectivity index (χ3n) is 5.03. The Morgan fingerprint density at radius 3 is 2.17 bits per heavy atom. The van der Waals surface area contributed by atoms with Crippen molar-refractivity contribution in [2.75, 3.05) is 28.4 Å². The largest absolute Gasteiger partial charge is 0.493 e. The molecule has 0 aliphatic carbocycles. The molecule has 2 aromatic carbocycles. The molecule has 154 valence electrons. The van der Waals surface area contributed by atoms with Crippen molar-refractivity contribution in [1.82, 2.24) is 0 Å². The van der Waals surface area contributed by atoms with Gasteiger partial charge in [-0.25, -0.2) is 0 Å². The van der Waals surface area contributed by atoms with E-state index in [2.05, 4.69) is 0 Å². The number of fused-ring (bicyclic) bond motifs is 4. The smallest absolute Gasteiger partial charge is 0.308 e. The van der Waals surface area contributed by atoms with E-state index in [9.17, 15) is 4.79 Å². The van der Waals surface area contributed by atoms with Crippen LogP contribution in [0.15, 0.2) is 42.7 Å². The van der Waals surface area contributed by atoms with Crippen LogP contribution in [0.3, 0.4) is 0 Å². The van der Waals surface area contributed by atoms with Crippen molar-refractivity contribution in [3.8, 4) is 28.7 Å². The van der Waals surface area contributed by atoms with Gasteiger partial charge in [0.25, 0.3) is 0 Å². The molecule has 2 heterocycles. The van der Waals surface area contributed by atoms with Crippen LogP contribution in [0.4, 0.5) is 0 Å². The van der Waals surface area contributed by atoms with Crippen LogP contribution >= 0.6 is 0 Å². The predicted octanol–water partition coefficient (Wildman–Crippen LogP) is 3.69. The number of esters is 1. The van der Waals surface area contributed by atoms with Gasteiger partial charge in [0.05, 0.1) is 33.8 Å². The van der Waals surface area contributed by atoms with Gasteiger partial charge >= 0.3 is 5.97 Å². The molecule has 0 N–H and O–H groups in total. The summed E-state index contributed by atoms with van der Waals surface area (Å²) in [6, 6.07) is 9.60. The van der Waals surface area contributed by atoms with Crippen LogP contribution in [-0.4, -0.2) is 34.4 Å². The number of ether oxygens (including phenoxy) is 5. The number of pyridine rings is 2. The zero-order chi connectivity index (χ0) is 21.4. The highest BCUT2D eigenvalue weighted by Crippen LogP contribution is 2.45. The van der Waals surface area contributed by atoms with E-state index in [-0.39, 0.29) is 0 Å². The second-order valence-corrected chi connectivity index (χ2v) is 6.68. The van der Waals surface area contributed by atoms with Gasteiger partial charge in [-0.15, -0.1) is 0 Å². The standard InChI is InChI=1S/C23H22NO6/c1-13(25)30-21-16-12-24-9-8-15-11-19(27-3)22(28-4)23(29-5)20(15)17(24)10-14(16)6-7-18(21)26-2/h6-12H,1-5H3/q+1. The molecule has 7 nitrogen and oxygen atoms in total. The number of rotatable bonds is 5. The normalized spacial score (nSPS) is 11.0. The van der Waals surface area contributed by atoms with Gasteiger partial charge in [-0.05, 0) is 23.6 Å². The van der Waals surface area contributed by atoms with E-state index in [1.807, 2.05) is 41.1 Å². The Morgan fingerprint density at radius 2 is 1.53 bits per heavy atom. The maximum Gasteiger partial charge on any atom is 0.308 e. The van der Waals surface area contributed by atoms with Crippen LogP contribution in [-0.2, 0) is 4.79 Å². The van der Waals surface area contributed by atoms with Crippen molar-refractivity contribution in [2.45, 2.75) is 6.92 Å². The predicted molar refractivity (Wildman–Crippen MR) is 112 cm³/mol. The molecular formula is C23H22NO6+. The average molecular weight is 408 g/mol. The van der Waals surface area contributed by atoms with Gasteiger partial charge < -0.3 is 23.7 Å². The molecule has 0 amide bonds. The molecule has 4 rings (SSSR count). The number of hydrogen-bond acceptors (Lipinski definition) is 6. The van der Waals surface area contributed by atoms with E-state index >= 15 is 0 Å². The van der Waals surface area contributed by atoms with Crippen molar-refractivity contribution < 1.29 is 32.9 Å². The lowest BCUT2D eigenvalue weighted by Crippen LogP contribution is -2.21. The number of nitrogens with zero attached hydrogens (tertiary/aromatic N) is 1. The van der Waals surface area contributed by atoms with Crippen molar-refractivity contribution >= 4 is 33.0 Å². The van der Waals surface area contributed by atoms with Crippen LogP contribution in [0.25, 0.3) is 27.1 Å². The van der Waals surface area contributed by atoms with Crippen LogP contribution in [0.5, 0.6) is 28.7 Å². The fourth-order valence-corrected chi connectivity index (χ4v) is 3.75. The minimum atomic E-state index is -0.414. The summed E-state index contributed by atoms with van der Waals surface area (Å²) in [5.74, 6) is 2.16. The molecule has 0 aliphatic rings. The molecular weight excluding hydrogens is 386 g/mol. The van der Waals surface area contributed by atoms with Crippen molar-refractivity contribution in [3.63, 3.8) is 0 Å². The SMILES string of the molecule is COc1cc2cc[n+]3cc4c(OC(C)=O)c(OC)ccc4cc3c2c(OC)c1OC. The van der Waals surface area contributed by atoms with Crippen molar-refractivity contribution in [2.24, 2.45) is 0 Å². The second-order valence-electron chi connectivity index (χ2n) is 6.68. The highest BCUT2D eigenvalue weighted by Gasteiger charge is 2.23. The Balaban J connectivity index is 2.13. The summed E-state index contributed by atoms with van der Waals surface area (Å²) in [6.07, 6.45) is 3.83. The number of methoxy groups -OCH3 is 4. The minimum Gasteiger partial charge on any atom is -0.493 e. The lowest BCUT2D eigenvalue weighted by molar-refractivity contribution is -0.509. The summed E-state index contributed by atoms with van der Waals surface area (Å²) >= 11 is 0. The van der Waals surface area contributed by atoms with Gasteiger partial charge in [0.15, 0.2) is 35.4 Å². The first-order valence-corrected chi connectivity index (χ1v) is 9.28. The highest BCUT2D eigenvalue weighted by atomic mass is 16.6. The molecule has 0 saturated heterocycles. The van der Waals surface area contributed by atoms with Gasteiger partial charge in [0, 0.05) is 24.4 Å². The molecule has 0 radical (unpaired) electrons. The van der Waals surface area contributed by atoms with Gasteiger partial charge in [0.1, 0.15) is 5.39 Å². The maximum absolute atomic E-state index is 11.7. The number of benzene rings is 2. The second kappa shape index (κ2) is 7.59. The Kier molecular flexibility index (Phi) is 4.95. The van der Waals surface area contributed by atoms with E-state index < -0.39 is 5.97 Å². The first-order chi connectivity index (χ1) is 14.5. The summed E-state index contributed by atoms with van der Waals surface area (Å²) in [4.78, 5) is 11.7. The number of carbonyl (C=O) groups is 1. The Morgan fingerprint density at radius 1 is 0.800 bits per heavy atom. The molecule has 2 aromatic heterocycles. The van der Waals surface area contributed by atoms with Crippen LogP contribution in [0.1, 0.15) is 6.92 Å². The topological polar surface area (TPSA) is 67.3 Å². The van der Waals surface area contributed by atoms with Gasteiger partial charge in [0.2, 0.25) is 11.3 Å². The highest BCUT2D eigenvalue weighted by molar-refractivity contribution is 6.04. The van der Waals surface area contributed by atoms with Crippen molar-refractivity contribution in [3.05, 3.63) is 42.7 Å². The van der Waals surface area contributed by atoms with Crippen LogP contribution < -0.4 is 28.1 Å². The summed E-state index contributed by atoms with van der Waals surface area (Å²) in [6.45, 7) is 1.37. The number of aromatic nitrogens is 1. The fourth-order valence-electron chi connectivity index (χ4n) is 3.75. The molecule has 0 unspecified atom stereocenters. The summed E-state index contributed by atoms with van der Waals surface area (Å²) in [7, 11) is 6.32. The molecule has 0 bridgehead atoms. The summed E-state index contributed by atoms with van der Waals surface area (Å²) in [5.41, 5.74) is 0.900. The van der Waals surface area contributed by atoms with Crippen molar-refractivity contribution in [1.29, 1.82) is 0 Å². The molecule has 7 heteroatoms. The minimum absolute atomic E-state index is 0.385. The Bertz CT molecular complexity index is 1300. The van der Waals surface area contributed by atoms with E-state index in [1.54, 1.807) is 34.5 Å². The Hall–Kier alpha value is -3.74. The lowest BCUT2D eigenvalue weighted by atomic mass is 10.0. The molecule has 0 spiro atoms. The van der Waals surface area contributed by atoms with Gasteiger partial charge in [-0.1, -0.05) is 0 Å². The monoisotopic (exact) mass is 408 g/mol. The first-order valence-electron chi connectivity index (χ1n) is 9.28. The van der Waals surface area contributed by atoms with E-state index in [1.165, 1.54) is 6.92 Å². The number of hydrogen-bond donors (Lipinski definition) is 0. The lowest BCUT2D eigenvalue weighted by Gasteiger charge is -2.15. The first kappa shape index (κ1) is 19.6. The van der Waals surface area contributed by atoms with Crippen LogP contribution in [0, 0.1) is 0 Å². The van der Waals surface area contributed by atoms with Gasteiger partial charge in [-0.3, -0.25) is 4.79 Å². The van der Waals surface area contributed by atoms with Gasteiger partial charge in [-0.2, -0.15) is 4.40 Å². The maximum atomic E-state index is 11.7. The van der Waals surface area contributed by atoms with Crippen LogP contribution in [0.2, 0.25) is 0 Å². The Labute approximate surface area is 173 Å². The number of carbonyl (C=O) groups excluding carboxylic acids is 1. The summed E-state index contributed by atoms with van der Waals surface area (Å²) in [5, 5.41) is 3.46. The zero-order valence-electron chi connectivity index (χ0n) is 17.4. The quantitative estimate of drug-likeness (QED) is 0.165. The molecule has 4 aromatic rings. The third-order valence-corrected chi connectivity index (χ3v) is 5.03. The van der Waals surface area contributed by atoms with E-state index in [0.717, 1.165) is 27.1 Å². The molecule has 0 atom stereocenters. The molecule has 0 fully saturated rings. The molecule has 0 saturated carbocycles. The zero-order valence-corrected chi connectivity index (χ0v) is 17.4.